The molecular weight excluding hydrogens is 191 g/mol. The number of hydrogen-bond acceptors (Lipinski definition) is 2. The van der Waals surface area contributed by atoms with Gasteiger partial charge in [0.1, 0.15) is 5.82 Å². The molecule has 2 rings (SSSR count). The minimum atomic E-state index is -0.269. The molecule has 3 heteroatoms. The molecule has 15 heavy (non-hydrogen) atoms. The Hall–Kier alpha value is -1.77. The number of halogens is 1. The molecular formula is C12H11FN2. The fourth-order valence-corrected chi connectivity index (χ4v) is 1.29. The van der Waals surface area contributed by atoms with E-state index in [4.69, 9.17) is 0 Å². The Balaban J connectivity index is 2.50. The Labute approximate surface area is 87.8 Å². The largest absolute Gasteiger partial charge is 0.236 e. The zero-order valence-corrected chi connectivity index (χ0v) is 8.66. The van der Waals surface area contributed by atoms with E-state index in [0.717, 1.165) is 11.3 Å². The number of benzene rings is 1. The van der Waals surface area contributed by atoms with E-state index in [1.54, 1.807) is 18.3 Å². The summed E-state index contributed by atoms with van der Waals surface area (Å²) < 4.78 is 13.0. The third-order valence-electron chi connectivity index (χ3n) is 2.31. The first kappa shape index (κ1) is 9.77. The van der Waals surface area contributed by atoms with Crippen molar-refractivity contribution in [1.29, 1.82) is 0 Å². The average Bonchev–Trinajstić information content (AvgIpc) is 2.22. The second kappa shape index (κ2) is 3.77. The highest BCUT2D eigenvalue weighted by atomic mass is 19.1. The topological polar surface area (TPSA) is 25.8 Å². The molecule has 0 aliphatic rings. The van der Waals surface area contributed by atoms with E-state index < -0.39 is 0 Å². The van der Waals surface area contributed by atoms with E-state index in [1.165, 1.54) is 12.1 Å². The van der Waals surface area contributed by atoms with Gasteiger partial charge in [0.25, 0.3) is 0 Å². The molecule has 0 N–H and O–H groups in total. The lowest BCUT2D eigenvalue weighted by Crippen LogP contribution is -1.94. The first-order chi connectivity index (χ1) is 7.16. The molecule has 0 unspecified atom stereocenters. The zero-order valence-electron chi connectivity index (χ0n) is 8.66. The van der Waals surface area contributed by atoms with Crippen LogP contribution in [0.15, 0.2) is 30.5 Å². The van der Waals surface area contributed by atoms with Crippen molar-refractivity contribution >= 4 is 0 Å². The maximum Gasteiger partial charge on any atom is 0.159 e. The van der Waals surface area contributed by atoms with Gasteiger partial charge in [0.15, 0.2) is 5.82 Å². The van der Waals surface area contributed by atoms with Crippen LogP contribution in [0.2, 0.25) is 0 Å². The molecule has 1 aromatic carbocycles. The van der Waals surface area contributed by atoms with Crippen LogP contribution >= 0.6 is 0 Å². The van der Waals surface area contributed by atoms with Gasteiger partial charge in [0.2, 0.25) is 0 Å². The Morgan fingerprint density at radius 3 is 2.67 bits per heavy atom. The maximum absolute atomic E-state index is 13.0. The van der Waals surface area contributed by atoms with E-state index in [2.05, 4.69) is 9.97 Å². The van der Waals surface area contributed by atoms with Gasteiger partial charge in [-0.25, -0.2) is 14.4 Å². The summed E-state index contributed by atoms with van der Waals surface area (Å²) in [5.74, 6) is 0.298. The molecule has 2 nitrogen and oxygen atoms in total. The van der Waals surface area contributed by atoms with Crippen LogP contribution in [0.4, 0.5) is 4.39 Å². The SMILES string of the molecule is Cc1cnc(-c2cccc(F)c2)nc1C. The van der Waals surface area contributed by atoms with Gasteiger partial charge in [-0.15, -0.1) is 0 Å². The maximum atomic E-state index is 13.0. The fraction of sp³-hybridized carbons (Fsp3) is 0.167. The summed E-state index contributed by atoms with van der Waals surface area (Å²) in [7, 11) is 0. The van der Waals surface area contributed by atoms with E-state index in [-0.39, 0.29) is 5.82 Å². The van der Waals surface area contributed by atoms with Gasteiger partial charge in [-0.05, 0) is 31.5 Å². The standard InChI is InChI=1S/C12H11FN2/c1-8-7-14-12(15-9(8)2)10-4-3-5-11(13)6-10/h3-7H,1-2H3. The van der Waals surface area contributed by atoms with Gasteiger partial charge >= 0.3 is 0 Å². The Kier molecular flexibility index (Phi) is 2.46. The lowest BCUT2D eigenvalue weighted by molar-refractivity contribution is 0.628. The molecule has 0 aliphatic heterocycles. The monoisotopic (exact) mass is 202 g/mol. The quantitative estimate of drug-likeness (QED) is 0.710. The van der Waals surface area contributed by atoms with Gasteiger partial charge in [-0.2, -0.15) is 0 Å². The van der Waals surface area contributed by atoms with Gasteiger partial charge in [0, 0.05) is 17.5 Å². The van der Waals surface area contributed by atoms with Crippen molar-refractivity contribution < 1.29 is 4.39 Å². The van der Waals surface area contributed by atoms with Gasteiger partial charge < -0.3 is 0 Å². The first-order valence-corrected chi connectivity index (χ1v) is 4.73. The first-order valence-electron chi connectivity index (χ1n) is 4.73. The second-order valence-corrected chi connectivity index (χ2v) is 3.47. The molecule has 0 saturated carbocycles. The summed E-state index contributed by atoms with van der Waals surface area (Å²) in [6, 6.07) is 6.30. The van der Waals surface area contributed by atoms with E-state index in [1.807, 2.05) is 13.8 Å². The second-order valence-electron chi connectivity index (χ2n) is 3.47. The summed E-state index contributed by atoms with van der Waals surface area (Å²) in [5, 5.41) is 0. The van der Waals surface area contributed by atoms with Gasteiger partial charge in [-0.3, -0.25) is 0 Å². The molecule has 0 spiro atoms. The Morgan fingerprint density at radius 2 is 2.00 bits per heavy atom. The van der Waals surface area contributed by atoms with Crippen LogP contribution in [0.25, 0.3) is 11.4 Å². The molecule has 0 saturated heterocycles. The minimum absolute atomic E-state index is 0.269. The number of nitrogens with zero attached hydrogens (tertiary/aromatic N) is 2. The van der Waals surface area contributed by atoms with E-state index >= 15 is 0 Å². The Bertz CT molecular complexity index is 495. The Morgan fingerprint density at radius 1 is 1.20 bits per heavy atom. The number of hydrogen-bond donors (Lipinski definition) is 0. The van der Waals surface area contributed by atoms with Crippen LogP contribution in [0.3, 0.4) is 0 Å². The van der Waals surface area contributed by atoms with Gasteiger partial charge in [-0.1, -0.05) is 12.1 Å². The summed E-state index contributed by atoms with van der Waals surface area (Å²) in [5.41, 5.74) is 2.66. The molecule has 0 bridgehead atoms. The van der Waals surface area contributed by atoms with Crippen molar-refractivity contribution in [3.8, 4) is 11.4 Å². The predicted octanol–water partition coefficient (Wildman–Crippen LogP) is 2.90. The predicted molar refractivity (Wildman–Crippen MR) is 56.9 cm³/mol. The third kappa shape index (κ3) is 2.01. The van der Waals surface area contributed by atoms with Crippen LogP contribution in [0.1, 0.15) is 11.3 Å². The van der Waals surface area contributed by atoms with Crippen molar-refractivity contribution in [3.63, 3.8) is 0 Å². The molecule has 0 aliphatic carbocycles. The van der Waals surface area contributed by atoms with Crippen molar-refractivity contribution in [2.75, 3.05) is 0 Å². The zero-order chi connectivity index (χ0) is 10.8. The highest BCUT2D eigenvalue weighted by Gasteiger charge is 2.03. The van der Waals surface area contributed by atoms with Crippen LogP contribution in [0.5, 0.6) is 0 Å². The average molecular weight is 202 g/mol. The van der Waals surface area contributed by atoms with Crippen LogP contribution in [0, 0.1) is 19.7 Å². The molecule has 2 aromatic rings. The molecule has 0 fully saturated rings. The molecule has 1 heterocycles. The van der Waals surface area contributed by atoms with Crippen LogP contribution in [-0.2, 0) is 0 Å². The third-order valence-corrected chi connectivity index (χ3v) is 2.31. The van der Waals surface area contributed by atoms with Crippen molar-refractivity contribution in [2.24, 2.45) is 0 Å². The molecule has 0 amide bonds. The summed E-state index contributed by atoms with van der Waals surface area (Å²) >= 11 is 0. The molecule has 1 aromatic heterocycles. The molecule has 0 radical (unpaired) electrons. The fourth-order valence-electron chi connectivity index (χ4n) is 1.29. The van der Waals surface area contributed by atoms with Crippen molar-refractivity contribution in [3.05, 3.63) is 47.5 Å². The van der Waals surface area contributed by atoms with Crippen LogP contribution < -0.4 is 0 Å². The highest BCUT2D eigenvalue weighted by molar-refractivity contribution is 5.54. The minimum Gasteiger partial charge on any atom is -0.236 e. The normalized spacial score (nSPS) is 10.3. The summed E-state index contributed by atoms with van der Waals surface area (Å²) in [4.78, 5) is 8.48. The lowest BCUT2D eigenvalue weighted by atomic mass is 10.2. The smallest absolute Gasteiger partial charge is 0.159 e. The van der Waals surface area contributed by atoms with E-state index in [0.29, 0.717) is 11.4 Å². The molecule has 76 valence electrons. The van der Waals surface area contributed by atoms with Crippen LogP contribution in [-0.4, -0.2) is 9.97 Å². The summed E-state index contributed by atoms with van der Waals surface area (Å²) in [6.07, 6.45) is 1.75. The van der Waals surface area contributed by atoms with Gasteiger partial charge in [0.05, 0.1) is 0 Å². The number of rotatable bonds is 1. The highest BCUT2D eigenvalue weighted by Crippen LogP contribution is 2.16. The van der Waals surface area contributed by atoms with E-state index in [9.17, 15) is 4.39 Å². The number of aromatic nitrogens is 2. The van der Waals surface area contributed by atoms with Crippen molar-refractivity contribution in [2.45, 2.75) is 13.8 Å². The van der Waals surface area contributed by atoms with Crippen molar-refractivity contribution in [1.82, 2.24) is 9.97 Å². The summed E-state index contributed by atoms with van der Waals surface area (Å²) in [6.45, 7) is 3.87. The lowest BCUT2D eigenvalue weighted by Gasteiger charge is -2.03. The number of aryl methyl sites for hydroxylation is 2. The molecule has 0 atom stereocenters.